The van der Waals surface area contributed by atoms with Crippen molar-refractivity contribution in [3.63, 3.8) is 0 Å². The lowest BCUT2D eigenvalue weighted by atomic mass is 10.1. The van der Waals surface area contributed by atoms with E-state index in [0.717, 1.165) is 27.9 Å². The minimum Gasteiger partial charge on any atom is -0.309 e. The third-order valence-corrected chi connectivity index (χ3v) is 6.12. The molecule has 0 saturated carbocycles. The molecule has 0 saturated heterocycles. The maximum absolute atomic E-state index is 13.4. The molecular formula is C21H23ClN4O3S. The van der Waals surface area contributed by atoms with Crippen molar-refractivity contribution in [1.82, 2.24) is 9.88 Å². The summed E-state index contributed by atoms with van der Waals surface area (Å²) in [5, 5.41) is 12.3. The molecule has 1 aromatic heterocycles. The van der Waals surface area contributed by atoms with Gasteiger partial charge in [0.1, 0.15) is 5.56 Å². The van der Waals surface area contributed by atoms with Crippen LogP contribution in [0.15, 0.2) is 30.3 Å². The van der Waals surface area contributed by atoms with Crippen molar-refractivity contribution in [2.45, 2.75) is 20.3 Å². The quantitative estimate of drug-likeness (QED) is 0.373. The molecule has 1 heterocycles. The summed E-state index contributed by atoms with van der Waals surface area (Å²) in [6.45, 7) is 5.20. The monoisotopic (exact) mass is 446 g/mol. The molecule has 0 aliphatic carbocycles. The van der Waals surface area contributed by atoms with Gasteiger partial charge in [0.05, 0.1) is 15.1 Å². The molecule has 9 heteroatoms. The van der Waals surface area contributed by atoms with Gasteiger partial charge in [-0.1, -0.05) is 22.9 Å². The molecule has 0 radical (unpaired) electrons. The molecule has 3 aromatic rings. The number of thiazole rings is 1. The summed E-state index contributed by atoms with van der Waals surface area (Å²) in [5.41, 5.74) is 2.77. The number of aryl methyl sites for hydroxylation is 2. The Bertz CT molecular complexity index is 1070. The van der Waals surface area contributed by atoms with Gasteiger partial charge in [-0.25, -0.2) is 4.98 Å². The zero-order valence-corrected chi connectivity index (χ0v) is 18.9. The molecule has 0 aliphatic rings. The lowest BCUT2D eigenvalue weighted by Crippen LogP contribution is -2.33. The van der Waals surface area contributed by atoms with Crippen LogP contribution in [0.5, 0.6) is 0 Å². The maximum Gasteiger partial charge on any atom is 0.282 e. The van der Waals surface area contributed by atoms with Crippen molar-refractivity contribution in [2.75, 3.05) is 32.1 Å². The summed E-state index contributed by atoms with van der Waals surface area (Å²) in [7, 11) is 3.91. The SMILES string of the molecule is Cc1cc2nc(N(CCCN(C)C)C(=O)c3cc(Cl)ccc3[N+](=O)[O-])sc2cc1C. The molecule has 0 unspecified atom stereocenters. The lowest BCUT2D eigenvalue weighted by Gasteiger charge is -2.21. The molecule has 1 amide bonds. The number of aromatic nitrogens is 1. The molecule has 158 valence electrons. The third-order valence-electron chi connectivity index (χ3n) is 4.84. The minimum absolute atomic E-state index is 0.0380. The second-order valence-corrected chi connectivity index (χ2v) is 8.88. The number of nitro benzene ring substituents is 1. The van der Waals surface area contributed by atoms with E-state index in [1.807, 2.05) is 38.9 Å². The molecule has 30 heavy (non-hydrogen) atoms. The first kappa shape index (κ1) is 22.1. The van der Waals surface area contributed by atoms with Crippen LogP contribution in [0.3, 0.4) is 0 Å². The fourth-order valence-corrected chi connectivity index (χ4v) is 4.34. The Morgan fingerprint density at radius 2 is 1.87 bits per heavy atom. The number of nitro groups is 1. The lowest BCUT2D eigenvalue weighted by molar-refractivity contribution is -0.385. The highest BCUT2D eigenvalue weighted by Gasteiger charge is 2.28. The molecular weight excluding hydrogens is 424 g/mol. The van der Waals surface area contributed by atoms with Crippen molar-refractivity contribution in [2.24, 2.45) is 0 Å². The van der Waals surface area contributed by atoms with E-state index < -0.39 is 10.8 Å². The Hall–Kier alpha value is -2.55. The van der Waals surface area contributed by atoms with E-state index in [0.29, 0.717) is 18.1 Å². The van der Waals surface area contributed by atoms with Crippen LogP contribution < -0.4 is 4.90 Å². The number of fused-ring (bicyclic) bond motifs is 1. The number of carbonyl (C=O) groups excluding carboxylic acids is 1. The zero-order valence-electron chi connectivity index (χ0n) is 17.3. The van der Waals surface area contributed by atoms with E-state index in [9.17, 15) is 14.9 Å². The molecule has 0 bridgehead atoms. The summed E-state index contributed by atoms with van der Waals surface area (Å²) in [6.07, 6.45) is 0.696. The first-order chi connectivity index (χ1) is 14.2. The first-order valence-electron chi connectivity index (χ1n) is 9.45. The molecule has 3 rings (SSSR count). The number of carbonyl (C=O) groups is 1. The Kier molecular flexibility index (Phi) is 6.70. The highest BCUT2D eigenvalue weighted by molar-refractivity contribution is 7.22. The molecule has 2 aromatic carbocycles. The van der Waals surface area contributed by atoms with Crippen molar-refractivity contribution >= 4 is 49.9 Å². The van der Waals surface area contributed by atoms with E-state index in [1.54, 1.807) is 0 Å². The number of benzene rings is 2. The number of hydrogen-bond donors (Lipinski definition) is 0. The van der Waals surface area contributed by atoms with Crippen molar-refractivity contribution < 1.29 is 9.72 Å². The Morgan fingerprint density at radius 1 is 1.17 bits per heavy atom. The molecule has 0 atom stereocenters. The number of rotatable bonds is 7. The summed E-state index contributed by atoms with van der Waals surface area (Å²) < 4.78 is 0.971. The summed E-state index contributed by atoms with van der Waals surface area (Å²) in [4.78, 5) is 32.6. The molecule has 7 nitrogen and oxygen atoms in total. The summed E-state index contributed by atoms with van der Waals surface area (Å²) in [6, 6.07) is 8.07. The van der Waals surface area contributed by atoms with E-state index >= 15 is 0 Å². The van der Waals surface area contributed by atoms with E-state index in [4.69, 9.17) is 11.6 Å². The van der Waals surface area contributed by atoms with Crippen LogP contribution in [0.1, 0.15) is 27.9 Å². The summed E-state index contributed by atoms with van der Waals surface area (Å²) >= 11 is 7.45. The van der Waals surface area contributed by atoms with E-state index in [2.05, 4.69) is 11.1 Å². The van der Waals surface area contributed by atoms with E-state index in [1.165, 1.54) is 34.4 Å². The topological polar surface area (TPSA) is 79.6 Å². The van der Waals surface area contributed by atoms with Crippen LogP contribution in [0.25, 0.3) is 10.2 Å². The fraction of sp³-hybridized carbons (Fsp3) is 0.333. The van der Waals surface area contributed by atoms with Gasteiger partial charge in [-0.3, -0.25) is 19.8 Å². The summed E-state index contributed by atoms with van der Waals surface area (Å²) in [5.74, 6) is -0.476. The van der Waals surface area contributed by atoms with Gasteiger partial charge >= 0.3 is 0 Å². The van der Waals surface area contributed by atoms with Gasteiger partial charge in [0.25, 0.3) is 11.6 Å². The van der Waals surface area contributed by atoms with Gasteiger partial charge in [-0.15, -0.1) is 0 Å². The number of hydrogen-bond acceptors (Lipinski definition) is 6. The van der Waals surface area contributed by atoms with Crippen molar-refractivity contribution in [3.8, 4) is 0 Å². The zero-order chi connectivity index (χ0) is 22.0. The van der Waals surface area contributed by atoms with E-state index in [-0.39, 0.29) is 16.3 Å². The van der Waals surface area contributed by atoms with Gasteiger partial charge in [0.2, 0.25) is 0 Å². The Balaban J connectivity index is 2.06. The Morgan fingerprint density at radius 3 is 2.53 bits per heavy atom. The van der Waals surface area contributed by atoms with Crippen molar-refractivity contribution in [3.05, 3.63) is 62.2 Å². The smallest absolute Gasteiger partial charge is 0.282 e. The van der Waals surface area contributed by atoms with Crippen LogP contribution in [0.2, 0.25) is 5.02 Å². The van der Waals surface area contributed by atoms with Gasteiger partial charge in [0, 0.05) is 17.6 Å². The molecule has 0 spiro atoms. The predicted octanol–water partition coefficient (Wildman–Crippen LogP) is 5.07. The van der Waals surface area contributed by atoms with Crippen LogP contribution in [0, 0.1) is 24.0 Å². The van der Waals surface area contributed by atoms with Gasteiger partial charge in [0.15, 0.2) is 5.13 Å². The molecule has 0 aliphatic heterocycles. The van der Waals surface area contributed by atoms with Crippen LogP contribution in [-0.4, -0.2) is 47.9 Å². The number of nitrogens with zero attached hydrogens (tertiary/aromatic N) is 4. The highest BCUT2D eigenvalue weighted by atomic mass is 35.5. The number of amides is 1. The van der Waals surface area contributed by atoms with Crippen LogP contribution in [-0.2, 0) is 0 Å². The van der Waals surface area contributed by atoms with Crippen LogP contribution in [0.4, 0.5) is 10.8 Å². The van der Waals surface area contributed by atoms with Gasteiger partial charge in [-0.2, -0.15) is 0 Å². The second-order valence-electron chi connectivity index (χ2n) is 7.43. The molecule has 0 N–H and O–H groups in total. The first-order valence-corrected chi connectivity index (χ1v) is 10.6. The third kappa shape index (κ3) is 4.77. The Labute approximate surface area is 184 Å². The largest absolute Gasteiger partial charge is 0.309 e. The van der Waals surface area contributed by atoms with Gasteiger partial charge in [-0.05, 0) is 76.3 Å². The average Bonchev–Trinajstić information content (AvgIpc) is 3.06. The highest BCUT2D eigenvalue weighted by Crippen LogP contribution is 2.33. The van der Waals surface area contributed by atoms with Gasteiger partial charge < -0.3 is 4.90 Å². The second kappa shape index (κ2) is 9.07. The number of halogens is 1. The fourth-order valence-electron chi connectivity index (χ4n) is 3.10. The normalized spacial score (nSPS) is 11.3. The van der Waals surface area contributed by atoms with Crippen molar-refractivity contribution in [1.29, 1.82) is 0 Å². The predicted molar refractivity (Wildman–Crippen MR) is 122 cm³/mol. The number of anilines is 1. The molecule has 0 fully saturated rings. The minimum atomic E-state index is -0.563. The van der Waals surface area contributed by atoms with Crippen LogP contribution >= 0.6 is 22.9 Å². The standard InChI is InChI=1S/C21H23ClN4O3S/c1-13-10-17-19(11-14(13)2)30-21(23-17)25(9-5-8-24(3)4)20(27)16-12-15(22)6-7-18(16)26(28)29/h6-7,10-12H,5,8-9H2,1-4H3. The average molecular weight is 447 g/mol. The maximum atomic E-state index is 13.4.